The van der Waals surface area contributed by atoms with E-state index in [9.17, 15) is 24.3 Å². The Labute approximate surface area is 191 Å². The zero-order valence-electron chi connectivity index (χ0n) is 20.7. The van der Waals surface area contributed by atoms with Gasteiger partial charge in [-0.2, -0.15) is 0 Å². The van der Waals surface area contributed by atoms with Gasteiger partial charge in [-0.25, -0.2) is 14.4 Å². The number of rotatable bonds is 9. The molecular weight excluding hydrogens is 416 g/mol. The molecule has 32 heavy (non-hydrogen) atoms. The summed E-state index contributed by atoms with van der Waals surface area (Å²) in [7, 11) is 1.47. The predicted molar refractivity (Wildman–Crippen MR) is 119 cm³/mol. The number of nitrogens with zero attached hydrogens (tertiary/aromatic N) is 2. The Hall–Kier alpha value is -2.32. The number of carbonyl (C=O) groups excluding carboxylic acids is 3. The van der Waals surface area contributed by atoms with Crippen LogP contribution in [0, 0.1) is 11.8 Å². The van der Waals surface area contributed by atoms with Crippen molar-refractivity contribution in [1.29, 1.82) is 0 Å². The number of likely N-dealkylation sites (N-methyl/N-ethyl adjacent to an activating group) is 1. The van der Waals surface area contributed by atoms with Gasteiger partial charge >= 0.3 is 18.0 Å². The first kappa shape index (κ1) is 27.7. The fraction of sp³-hybridized carbons (Fsp3) is 0.826. The minimum absolute atomic E-state index is 0.0819. The topological polar surface area (TPSA) is 113 Å². The van der Waals surface area contributed by atoms with E-state index in [1.807, 2.05) is 27.7 Å². The molecule has 0 aromatic rings. The number of ether oxygens (including phenoxy) is 2. The molecule has 0 aromatic heterocycles. The van der Waals surface area contributed by atoms with E-state index in [0.29, 0.717) is 32.2 Å². The Balaban J connectivity index is 2.99. The molecule has 9 nitrogen and oxygen atoms in total. The van der Waals surface area contributed by atoms with Crippen molar-refractivity contribution in [1.82, 2.24) is 9.80 Å². The van der Waals surface area contributed by atoms with Gasteiger partial charge < -0.3 is 19.5 Å². The molecule has 1 heterocycles. The Morgan fingerprint density at radius 1 is 1.12 bits per heavy atom. The number of hydrogen-bond donors (Lipinski definition) is 1. The number of piperidine rings is 1. The van der Waals surface area contributed by atoms with Crippen LogP contribution in [0.3, 0.4) is 0 Å². The highest BCUT2D eigenvalue weighted by Gasteiger charge is 2.40. The normalized spacial score (nSPS) is 19.0. The van der Waals surface area contributed by atoms with Gasteiger partial charge in [0, 0.05) is 13.6 Å². The first-order chi connectivity index (χ1) is 14.6. The standard InChI is InChI=1S/C23H40N2O7/c1-14(2)12-16(20(27)28)25-11-9-10-18(19(25)26)31-21(29)17(13-15(3)4)24(8)22(30)32-23(5,6)7/h14-18H,9-13H2,1-8H3,(H,27,28)/t16-,17-,18+/m0/s1. The van der Waals surface area contributed by atoms with Crippen molar-refractivity contribution in [3.8, 4) is 0 Å². The molecule has 0 aromatic carbocycles. The first-order valence-electron chi connectivity index (χ1n) is 11.3. The molecule has 0 bridgehead atoms. The van der Waals surface area contributed by atoms with Gasteiger partial charge in [0.25, 0.3) is 5.91 Å². The molecule has 1 aliphatic rings. The summed E-state index contributed by atoms with van der Waals surface area (Å²) in [5.41, 5.74) is -0.722. The third-order valence-electron chi connectivity index (χ3n) is 5.15. The molecule has 2 amide bonds. The number of aliphatic carboxylic acids is 1. The molecule has 3 atom stereocenters. The van der Waals surface area contributed by atoms with Gasteiger partial charge in [-0.15, -0.1) is 0 Å². The molecule has 9 heteroatoms. The monoisotopic (exact) mass is 456 g/mol. The quantitative estimate of drug-likeness (QED) is 0.530. The van der Waals surface area contributed by atoms with Crippen molar-refractivity contribution in [3.63, 3.8) is 0 Å². The Bertz CT molecular complexity index is 684. The lowest BCUT2D eigenvalue weighted by Crippen LogP contribution is -2.55. The lowest BCUT2D eigenvalue weighted by molar-refractivity contribution is -0.171. The van der Waals surface area contributed by atoms with Crippen LogP contribution in [0.2, 0.25) is 0 Å². The molecular formula is C23H40N2O7. The maximum atomic E-state index is 13.0. The van der Waals surface area contributed by atoms with Crippen molar-refractivity contribution in [3.05, 3.63) is 0 Å². The van der Waals surface area contributed by atoms with E-state index >= 15 is 0 Å². The van der Waals surface area contributed by atoms with Crippen LogP contribution in [0.1, 0.15) is 74.1 Å². The highest BCUT2D eigenvalue weighted by molar-refractivity contribution is 5.90. The van der Waals surface area contributed by atoms with Gasteiger partial charge in [0.2, 0.25) is 0 Å². The van der Waals surface area contributed by atoms with Crippen LogP contribution >= 0.6 is 0 Å². The summed E-state index contributed by atoms with van der Waals surface area (Å²) in [6.07, 6.45) is -0.211. The molecule has 0 radical (unpaired) electrons. The third-order valence-corrected chi connectivity index (χ3v) is 5.15. The number of hydrogen-bond acceptors (Lipinski definition) is 6. The van der Waals surface area contributed by atoms with E-state index in [1.54, 1.807) is 20.8 Å². The van der Waals surface area contributed by atoms with E-state index in [2.05, 4.69) is 0 Å². The minimum atomic E-state index is -1.07. The lowest BCUT2D eigenvalue weighted by atomic mass is 9.98. The number of esters is 1. The fourth-order valence-electron chi connectivity index (χ4n) is 3.63. The Morgan fingerprint density at radius 3 is 2.16 bits per heavy atom. The van der Waals surface area contributed by atoms with Crippen LogP contribution in [0.5, 0.6) is 0 Å². The van der Waals surface area contributed by atoms with Crippen LogP contribution in [-0.4, -0.2) is 76.2 Å². The number of carbonyl (C=O) groups is 4. The van der Waals surface area contributed by atoms with Crippen molar-refractivity contribution in [2.75, 3.05) is 13.6 Å². The molecule has 0 aliphatic carbocycles. The van der Waals surface area contributed by atoms with Gasteiger partial charge in [-0.3, -0.25) is 9.69 Å². The summed E-state index contributed by atoms with van der Waals surface area (Å²) in [6, 6.07) is -1.88. The molecule has 1 fully saturated rings. The van der Waals surface area contributed by atoms with Crippen molar-refractivity contribution < 1.29 is 33.8 Å². The first-order valence-corrected chi connectivity index (χ1v) is 11.3. The smallest absolute Gasteiger partial charge is 0.410 e. The van der Waals surface area contributed by atoms with E-state index in [-0.39, 0.29) is 11.8 Å². The molecule has 0 saturated carbocycles. The van der Waals surface area contributed by atoms with E-state index in [0.717, 1.165) is 0 Å². The minimum Gasteiger partial charge on any atom is -0.480 e. The van der Waals surface area contributed by atoms with Gasteiger partial charge in [-0.05, 0) is 58.3 Å². The Morgan fingerprint density at radius 2 is 1.69 bits per heavy atom. The lowest BCUT2D eigenvalue weighted by Gasteiger charge is -2.37. The summed E-state index contributed by atoms with van der Waals surface area (Å²) in [5.74, 6) is -2.09. The molecule has 1 aliphatic heterocycles. The van der Waals surface area contributed by atoms with Crippen LogP contribution in [0.25, 0.3) is 0 Å². The average molecular weight is 457 g/mol. The van der Waals surface area contributed by atoms with E-state index in [1.165, 1.54) is 16.8 Å². The number of carboxylic acids is 1. The zero-order valence-corrected chi connectivity index (χ0v) is 20.7. The largest absolute Gasteiger partial charge is 0.480 e. The summed E-state index contributed by atoms with van der Waals surface area (Å²) in [5, 5.41) is 9.61. The van der Waals surface area contributed by atoms with Crippen LogP contribution in [0.4, 0.5) is 4.79 Å². The summed E-state index contributed by atoms with van der Waals surface area (Å²) < 4.78 is 10.9. The summed E-state index contributed by atoms with van der Waals surface area (Å²) >= 11 is 0. The van der Waals surface area contributed by atoms with Gasteiger partial charge in [0.15, 0.2) is 6.10 Å². The predicted octanol–water partition coefficient (Wildman–Crippen LogP) is 3.30. The van der Waals surface area contributed by atoms with Gasteiger partial charge in [0.05, 0.1) is 0 Å². The van der Waals surface area contributed by atoms with E-state index < -0.39 is 47.7 Å². The van der Waals surface area contributed by atoms with Crippen molar-refractivity contribution >= 4 is 23.9 Å². The summed E-state index contributed by atoms with van der Waals surface area (Å²) in [4.78, 5) is 52.8. The van der Waals surface area contributed by atoms with Crippen LogP contribution in [-0.2, 0) is 23.9 Å². The number of amides is 2. The SMILES string of the molecule is CC(C)C[C@@H](C(=O)O[C@@H]1CCCN([C@@H](CC(C)C)C(=O)O)C1=O)N(C)C(=O)OC(C)(C)C. The second-order valence-corrected chi connectivity index (χ2v) is 10.3. The molecule has 1 rings (SSSR count). The maximum absolute atomic E-state index is 13.0. The highest BCUT2D eigenvalue weighted by Crippen LogP contribution is 2.23. The average Bonchev–Trinajstić information content (AvgIpc) is 2.63. The number of likely N-dealkylation sites (tertiary alicyclic amines) is 1. The van der Waals surface area contributed by atoms with E-state index in [4.69, 9.17) is 9.47 Å². The second-order valence-electron chi connectivity index (χ2n) is 10.3. The highest BCUT2D eigenvalue weighted by atomic mass is 16.6. The van der Waals surface area contributed by atoms with Crippen molar-refractivity contribution in [2.24, 2.45) is 11.8 Å². The Kier molecular flexibility index (Phi) is 9.97. The zero-order chi connectivity index (χ0) is 24.8. The number of carboxylic acid groups (broad SMARTS) is 1. The van der Waals surface area contributed by atoms with Crippen LogP contribution < -0.4 is 0 Å². The molecule has 1 N–H and O–H groups in total. The van der Waals surface area contributed by atoms with Crippen LogP contribution in [0.15, 0.2) is 0 Å². The van der Waals surface area contributed by atoms with Gasteiger partial charge in [0.1, 0.15) is 17.7 Å². The molecule has 1 saturated heterocycles. The summed E-state index contributed by atoms with van der Waals surface area (Å²) in [6.45, 7) is 13.1. The third kappa shape index (κ3) is 8.31. The second kappa shape index (κ2) is 11.5. The fourth-order valence-corrected chi connectivity index (χ4v) is 3.63. The molecule has 184 valence electrons. The van der Waals surface area contributed by atoms with Crippen molar-refractivity contribution in [2.45, 2.75) is 97.9 Å². The van der Waals surface area contributed by atoms with Gasteiger partial charge in [-0.1, -0.05) is 27.7 Å². The molecule has 0 unspecified atom stereocenters. The molecule has 0 spiro atoms. The maximum Gasteiger partial charge on any atom is 0.410 e.